The van der Waals surface area contributed by atoms with Crippen molar-refractivity contribution in [3.05, 3.63) is 95.8 Å². The zero-order chi connectivity index (χ0) is 20.9. The molecule has 6 nitrogen and oxygen atoms in total. The van der Waals surface area contributed by atoms with E-state index in [9.17, 15) is 9.59 Å². The van der Waals surface area contributed by atoms with Crippen molar-refractivity contribution in [2.24, 2.45) is 0 Å². The summed E-state index contributed by atoms with van der Waals surface area (Å²) in [5.74, 6) is -0.807. The Balaban J connectivity index is 1.71. The number of carbonyl (C=O) groups excluding carboxylic acids is 2. The number of ether oxygens (including phenoxy) is 2. The number of benzene rings is 2. The number of aromatic amines is 1. The predicted octanol–water partition coefficient (Wildman–Crippen LogP) is 4.74. The number of carbonyl (C=O) groups is 2. The van der Waals surface area contributed by atoms with Crippen LogP contribution in [-0.2, 0) is 4.74 Å². The van der Waals surface area contributed by atoms with Crippen LogP contribution in [0.2, 0.25) is 0 Å². The largest absolute Gasteiger partial charge is 0.477 e. The molecule has 0 aliphatic heterocycles. The maximum atomic E-state index is 13.5. The summed E-state index contributed by atoms with van der Waals surface area (Å²) >= 11 is 0. The number of hydrogen-bond acceptors (Lipinski definition) is 5. The van der Waals surface area contributed by atoms with Gasteiger partial charge in [-0.3, -0.25) is 4.79 Å². The fourth-order valence-corrected chi connectivity index (χ4v) is 3.29. The van der Waals surface area contributed by atoms with E-state index in [1.165, 1.54) is 6.20 Å². The van der Waals surface area contributed by atoms with Gasteiger partial charge in [-0.2, -0.15) is 0 Å². The van der Waals surface area contributed by atoms with Crippen molar-refractivity contribution in [1.82, 2.24) is 9.97 Å². The Labute approximate surface area is 173 Å². The van der Waals surface area contributed by atoms with Gasteiger partial charge in [-0.1, -0.05) is 48.5 Å². The van der Waals surface area contributed by atoms with E-state index in [-0.39, 0.29) is 17.2 Å². The average Bonchev–Trinajstić information content (AvgIpc) is 3.22. The van der Waals surface area contributed by atoms with Gasteiger partial charge in [-0.15, -0.1) is 0 Å². The van der Waals surface area contributed by atoms with Gasteiger partial charge in [0.1, 0.15) is 5.56 Å². The van der Waals surface area contributed by atoms with Crippen molar-refractivity contribution in [3.63, 3.8) is 0 Å². The van der Waals surface area contributed by atoms with Crippen molar-refractivity contribution in [3.8, 4) is 5.88 Å². The van der Waals surface area contributed by atoms with Gasteiger partial charge in [0.05, 0.1) is 6.61 Å². The summed E-state index contributed by atoms with van der Waals surface area (Å²) in [4.78, 5) is 33.6. The van der Waals surface area contributed by atoms with Crippen LogP contribution in [0.5, 0.6) is 5.88 Å². The molecule has 30 heavy (non-hydrogen) atoms. The molecule has 0 fully saturated rings. The molecule has 0 amide bonds. The van der Waals surface area contributed by atoms with Gasteiger partial charge in [0.15, 0.2) is 6.10 Å². The number of esters is 1. The standard InChI is InChI=1S/C24H20N2O4/c1-2-29-23-18(12-8-14-25-23)24(28)30-22(16-9-4-3-5-10-16)21(27)19-15-26-20-13-7-6-11-17(19)20/h3-15,22,26H,2H2,1H3. The maximum absolute atomic E-state index is 13.5. The molecular formula is C24H20N2O4. The minimum Gasteiger partial charge on any atom is -0.477 e. The molecule has 2 aromatic heterocycles. The van der Waals surface area contributed by atoms with Gasteiger partial charge in [0, 0.05) is 34.4 Å². The molecule has 0 saturated heterocycles. The summed E-state index contributed by atoms with van der Waals surface area (Å²) < 4.78 is 11.2. The molecule has 6 heteroatoms. The highest BCUT2D eigenvalue weighted by atomic mass is 16.5. The Kier molecular flexibility index (Phi) is 5.57. The van der Waals surface area contributed by atoms with Crippen LogP contribution in [0, 0.1) is 0 Å². The molecule has 0 bridgehead atoms. The predicted molar refractivity (Wildman–Crippen MR) is 113 cm³/mol. The van der Waals surface area contributed by atoms with E-state index < -0.39 is 12.1 Å². The first-order valence-electron chi connectivity index (χ1n) is 9.63. The molecule has 0 aliphatic rings. The average molecular weight is 400 g/mol. The Morgan fingerprint density at radius 2 is 1.73 bits per heavy atom. The number of Topliss-reactive ketones (excluding diaryl/α,β-unsaturated/α-hetero) is 1. The van der Waals surface area contributed by atoms with Crippen LogP contribution in [0.1, 0.15) is 39.3 Å². The second-order valence-corrected chi connectivity index (χ2v) is 6.60. The molecule has 1 N–H and O–H groups in total. The van der Waals surface area contributed by atoms with Crippen LogP contribution in [-0.4, -0.2) is 28.3 Å². The SMILES string of the molecule is CCOc1ncccc1C(=O)OC(C(=O)c1c[nH]c2ccccc12)c1ccccc1. The van der Waals surface area contributed by atoms with Crippen molar-refractivity contribution in [1.29, 1.82) is 0 Å². The van der Waals surface area contributed by atoms with Gasteiger partial charge < -0.3 is 14.5 Å². The second kappa shape index (κ2) is 8.61. The third-order valence-corrected chi connectivity index (χ3v) is 4.69. The summed E-state index contributed by atoms with van der Waals surface area (Å²) in [7, 11) is 0. The summed E-state index contributed by atoms with van der Waals surface area (Å²) in [6.07, 6.45) is 2.08. The summed E-state index contributed by atoms with van der Waals surface area (Å²) in [6.45, 7) is 2.16. The van der Waals surface area contributed by atoms with Crippen molar-refractivity contribution in [2.45, 2.75) is 13.0 Å². The third-order valence-electron chi connectivity index (χ3n) is 4.69. The van der Waals surface area contributed by atoms with E-state index in [1.54, 1.807) is 49.5 Å². The topological polar surface area (TPSA) is 81.3 Å². The maximum Gasteiger partial charge on any atom is 0.344 e. The first kappa shape index (κ1) is 19.4. The Morgan fingerprint density at radius 3 is 2.53 bits per heavy atom. The van der Waals surface area contributed by atoms with Gasteiger partial charge in [-0.25, -0.2) is 9.78 Å². The highest BCUT2D eigenvalue weighted by Crippen LogP contribution is 2.29. The van der Waals surface area contributed by atoms with Crippen molar-refractivity contribution >= 4 is 22.7 Å². The Bertz CT molecular complexity index is 1180. The fourth-order valence-electron chi connectivity index (χ4n) is 3.29. The first-order chi connectivity index (χ1) is 14.7. The summed E-state index contributed by atoms with van der Waals surface area (Å²) in [5.41, 5.74) is 2.06. The lowest BCUT2D eigenvalue weighted by molar-refractivity contribution is 0.0276. The number of rotatable bonds is 7. The van der Waals surface area contributed by atoms with Gasteiger partial charge in [0.2, 0.25) is 11.7 Å². The number of nitrogens with zero attached hydrogens (tertiary/aromatic N) is 1. The Morgan fingerprint density at radius 1 is 0.967 bits per heavy atom. The third kappa shape index (κ3) is 3.80. The molecule has 2 aromatic carbocycles. The normalized spacial score (nSPS) is 11.8. The zero-order valence-electron chi connectivity index (χ0n) is 16.4. The summed E-state index contributed by atoms with van der Waals surface area (Å²) in [6, 6.07) is 19.7. The van der Waals surface area contributed by atoms with E-state index >= 15 is 0 Å². The highest BCUT2D eigenvalue weighted by molar-refractivity contribution is 6.11. The van der Waals surface area contributed by atoms with Crippen LogP contribution in [0.3, 0.4) is 0 Å². The number of aromatic nitrogens is 2. The molecule has 1 atom stereocenters. The van der Waals surface area contributed by atoms with Crippen molar-refractivity contribution < 1.29 is 19.1 Å². The lowest BCUT2D eigenvalue weighted by atomic mass is 9.99. The monoisotopic (exact) mass is 400 g/mol. The van der Waals surface area contributed by atoms with E-state index in [0.29, 0.717) is 17.7 Å². The number of ketones is 1. The van der Waals surface area contributed by atoms with Gasteiger partial charge >= 0.3 is 5.97 Å². The quantitative estimate of drug-likeness (QED) is 0.358. The summed E-state index contributed by atoms with van der Waals surface area (Å²) in [5, 5.41) is 0.774. The Hall–Kier alpha value is -3.93. The van der Waals surface area contributed by atoms with Crippen LogP contribution in [0.15, 0.2) is 79.1 Å². The lowest BCUT2D eigenvalue weighted by Crippen LogP contribution is -2.21. The molecule has 2 heterocycles. The van der Waals surface area contributed by atoms with E-state index in [2.05, 4.69) is 9.97 Å². The number of H-pyrrole nitrogens is 1. The molecule has 4 rings (SSSR count). The van der Waals surface area contributed by atoms with Crippen LogP contribution in [0.4, 0.5) is 0 Å². The number of pyridine rings is 1. The lowest BCUT2D eigenvalue weighted by Gasteiger charge is -2.18. The van der Waals surface area contributed by atoms with Crippen LogP contribution < -0.4 is 4.74 Å². The highest BCUT2D eigenvalue weighted by Gasteiger charge is 2.29. The number of para-hydroxylation sites is 1. The minimum absolute atomic E-state index is 0.173. The van der Waals surface area contributed by atoms with E-state index in [1.807, 2.05) is 30.3 Å². The van der Waals surface area contributed by atoms with Gasteiger partial charge in [-0.05, 0) is 25.1 Å². The number of fused-ring (bicyclic) bond motifs is 1. The molecule has 0 spiro atoms. The smallest absolute Gasteiger partial charge is 0.344 e. The molecule has 0 saturated carbocycles. The molecule has 4 aromatic rings. The molecular weight excluding hydrogens is 380 g/mol. The van der Waals surface area contributed by atoms with Crippen LogP contribution >= 0.6 is 0 Å². The minimum atomic E-state index is -1.10. The molecule has 0 aliphatic carbocycles. The van der Waals surface area contributed by atoms with Crippen molar-refractivity contribution in [2.75, 3.05) is 6.61 Å². The van der Waals surface area contributed by atoms with E-state index in [0.717, 1.165) is 10.9 Å². The fraction of sp³-hybridized carbons (Fsp3) is 0.125. The zero-order valence-corrected chi connectivity index (χ0v) is 16.4. The van der Waals surface area contributed by atoms with E-state index in [4.69, 9.17) is 9.47 Å². The number of hydrogen-bond donors (Lipinski definition) is 1. The van der Waals surface area contributed by atoms with Gasteiger partial charge in [0.25, 0.3) is 0 Å². The molecule has 0 radical (unpaired) electrons. The number of nitrogens with one attached hydrogen (secondary N) is 1. The molecule has 150 valence electrons. The second-order valence-electron chi connectivity index (χ2n) is 6.60. The first-order valence-corrected chi connectivity index (χ1v) is 9.63. The molecule has 1 unspecified atom stereocenters. The van der Waals surface area contributed by atoms with Crippen LogP contribution in [0.25, 0.3) is 10.9 Å².